The van der Waals surface area contributed by atoms with E-state index in [0.29, 0.717) is 16.7 Å². The lowest BCUT2D eigenvalue weighted by Gasteiger charge is -2.07. The summed E-state index contributed by atoms with van der Waals surface area (Å²) in [6.07, 6.45) is 0. The van der Waals surface area contributed by atoms with Gasteiger partial charge in [0.05, 0.1) is 7.11 Å². The highest BCUT2D eigenvalue weighted by Gasteiger charge is 2.13. The molecule has 0 saturated carbocycles. The zero-order valence-electron chi connectivity index (χ0n) is 13.1. The fourth-order valence-electron chi connectivity index (χ4n) is 2.24. The van der Waals surface area contributed by atoms with E-state index in [4.69, 9.17) is 10.6 Å². The zero-order chi connectivity index (χ0) is 16.2. The number of rotatable bonds is 5. The minimum absolute atomic E-state index is 0.660. The van der Waals surface area contributed by atoms with E-state index in [1.54, 1.807) is 7.11 Å². The average molecular weight is 326 g/mol. The molecule has 6 heteroatoms. The first-order valence-electron chi connectivity index (χ1n) is 7.21. The van der Waals surface area contributed by atoms with Crippen molar-refractivity contribution in [2.24, 2.45) is 0 Å². The number of nitrogen functional groups attached to an aromatic ring is 1. The predicted molar refractivity (Wildman–Crippen MR) is 92.9 cm³/mol. The van der Waals surface area contributed by atoms with Crippen molar-refractivity contribution < 1.29 is 4.74 Å². The molecule has 118 valence electrons. The lowest BCUT2D eigenvalue weighted by molar-refractivity contribution is 0.411. The van der Waals surface area contributed by atoms with E-state index in [9.17, 15) is 0 Å². The third-order valence-electron chi connectivity index (χ3n) is 3.52. The van der Waals surface area contributed by atoms with Gasteiger partial charge in [0.15, 0.2) is 5.82 Å². The normalized spacial score (nSPS) is 10.7. The Hall–Kier alpha value is -2.47. The van der Waals surface area contributed by atoms with Crippen LogP contribution in [0.4, 0.5) is 0 Å². The highest BCUT2D eigenvalue weighted by Crippen LogP contribution is 2.28. The lowest BCUT2D eigenvalue weighted by Crippen LogP contribution is -2.11. The Morgan fingerprint density at radius 3 is 2.57 bits per heavy atom. The van der Waals surface area contributed by atoms with Gasteiger partial charge in [0, 0.05) is 16.9 Å². The lowest BCUT2D eigenvalue weighted by atomic mass is 10.1. The van der Waals surface area contributed by atoms with E-state index in [-0.39, 0.29) is 0 Å². The van der Waals surface area contributed by atoms with Crippen LogP contribution in [-0.4, -0.2) is 22.0 Å². The average Bonchev–Trinajstić information content (AvgIpc) is 2.95. The van der Waals surface area contributed by atoms with Crippen molar-refractivity contribution in [1.29, 1.82) is 0 Å². The summed E-state index contributed by atoms with van der Waals surface area (Å²) < 4.78 is 6.89. The second-order valence-corrected chi connectivity index (χ2v) is 6.09. The number of aryl methyl sites for hydroxylation is 1. The maximum atomic E-state index is 6.15. The van der Waals surface area contributed by atoms with Crippen molar-refractivity contribution in [2.45, 2.75) is 17.8 Å². The van der Waals surface area contributed by atoms with Crippen molar-refractivity contribution in [2.75, 3.05) is 13.0 Å². The molecule has 0 radical (unpaired) electrons. The maximum Gasteiger partial charge on any atom is 0.210 e. The quantitative estimate of drug-likeness (QED) is 0.576. The topological polar surface area (TPSA) is 66.0 Å². The second kappa shape index (κ2) is 6.75. The van der Waals surface area contributed by atoms with Crippen LogP contribution in [0.15, 0.2) is 53.7 Å². The molecular formula is C17H18N4OS. The van der Waals surface area contributed by atoms with Crippen LogP contribution in [0.3, 0.4) is 0 Å². The molecule has 1 heterocycles. The van der Waals surface area contributed by atoms with Crippen molar-refractivity contribution >= 4 is 11.8 Å². The number of hydrogen-bond donors (Lipinski definition) is 1. The van der Waals surface area contributed by atoms with Crippen molar-refractivity contribution in [3.8, 4) is 17.1 Å². The van der Waals surface area contributed by atoms with Gasteiger partial charge in [0.25, 0.3) is 0 Å². The van der Waals surface area contributed by atoms with Crippen LogP contribution in [0.1, 0.15) is 11.1 Å². The molecule has 2 aromatic carbocycles. The molecule has 0 atom stereocenters. The maximum absolute atomic E-state index is 6.15. The van der Waals surface area contributed by atoms with Gasteiger partial charge >= 0.3 is 0 Å². The Labute approximate surface area is 139 Å². The summed E-state index contributed by atoms with van der Waals surface area (Å²) in [6, 6.07) is 16.0. The zero-order valence-corrected chi connectivity index (χ0v) is 13.9. The number of methoxy groups -OCH3 is 1. The summed E-state index contributed by atoms with van der Waals surface area (Å²) in [5.41, 5.74) is 3.25. The van der Waals surface area contributed by atoms with E-state index in [0.717, 1.165) is 16.9 Å². The minimum atomic E-state index is 0.660. The van der Waals surface area contributed by atoms with Crippen LogP contribution >= 0.6 is 11.8 Å². The van der Waals surface area contributed by atoms with E-state index >= 15 is 0 Å². The Bertz CT molecular complexity index is 799. The molecule has 5 nitrogen and oxygen atoms in total. The molecule has 0 amide bonds. The van der Waals surface area contributed by atoms with Gasteiger partial charge in [-0.05, 0) is 13.0 Å². The van der Waals surface area contributed by atoms with Crippen molar-refractivity contribution in [3.05, 3.63) is 59.7 Å². The molecule has 1 aromatic heterocycles. The third-order valence-corrected chi connectivity index (χ3v) is 4.52. The molecule has 0 bridgehead atoms. The molecule has 3 aromatic rings. The SMILES string of the molecule is COc1ccccc1CSc1nnc(-c2ccc(C)cc2)n1N. The van der Waals surface area contributed by atoms with Crippen LogP contribution in [0.2, 0.25) is 0 Å². The standard InChI is InChI=1S/C17H18N4OS/c1-12-7-9-13(10-8-12)16-19-20-17(21(16)18)23-11-14-5-3-4-6-15(14)22-2/h3-10H,11,18H2,1-2H3. The summed E-state index contributed by atoms with van der Waals surface area (Å²) in [5, 5.41) is 9.07. The van der Waals surface area contributed by atoms with Crippen LogP contribution in [-0.2, 0) is 5.75 Å². The van der Waals surface area contributed by atoms with E-state index in [1.165, 1.54) is 22.0 Å². The fourth-order valence-corrected chi connectivity index (χ4v) is 3.09. The Kier molecular flexibility index (Phi) is 4.52. The van der Waals surface area contributed by atoms with Gasteiger partial charge < -0.3 is 10.6 Å². The highest BCUT2D eigenvalue weighted by molar-refractivity contribution is 7.98. The monoisotopic (exact) mass is 326 g/mol. The van der Waals surface area contributed by atoms with Crippen LogP contribution in [0, 0.1) is 6.92 Å². The van der Waals surface area contributed by atoms with Gasteiger partial charge in [-0.1, -0.05) is 59.8 Å². The van der Waals surface area contributed by atoms with E-state index < -0.39 is 0 Å². The van der Waals surface area contributed by atoms with E-state index in [1.807, 2.05) is 55.5 Å². The fraction of sp³-hybridized carbons (Fsp3) is 0.176. The van der Waals surface area contributed by atoms with Crippen molar-refractivity contribution in [3.63, 3.8) is 0 Å². The number of benzene rings is 2. The molecule has 23 heavy (non-hydrogen) atoms. The largest absolute Gasteiger partial charge is 0.496 e. The molecular weight excluding hydrogens is 308 g/mol. The van der Waals surface area contributed by atoms with Gasteiger partial charge in [-0.15, -0.1) is 10.2 Å². The first kappa shape index (κ1) is 15.4. The Morgan fingerprint density at radius 2 is 1.83 bits per heavy atom. The Balaban J connectivity index is 1.78. The summed E-state index contributed by atoms with van der Waals surface area (Å²) in [6.45, 7) is 2.05. The van der Waals surface area contributed by atoms with Crippen LogP contribution in [0.5, 0.6) is 5.75 Å². The molecule has 0 aliphatic carbocycles. The number of hydrogen-bond acceptors (Lipinski definition) is 5. The minimum Gasteiger partial charge on any atom is -0.496 e. The van der Waals surface area contributed by atoms with Crippen LogP contribution < -0.4 is 10.6 Å². The summed E-state index contributed by atoms with van der Waals surface area (Å²) in [4.78, 5) is 0. The van der Waals surface area contributed by atoms with Gasteiger partial charge in [-0.3, -0.25) is 0 Å². The van der Waals surface area contributed by atoms with Gasteiger partial charge in [0.1, 0.15) is 5.75 Å². The van der Waals surface area contributed by atoms with Gasteiger partial charge in [-0.2, -0.15) is 0 Å². The molecule has 0 spiro atoms. The molecule has 2 N–H and O–H groups in total. The number of ether oxygens (including phenoxy) is 1. The van der Waals surface area contributed by atoms with Crippen LogP contribution in [0.25, 0.3) is 11.4 Å². The summed E-state index contributed by atoms with van der Waals surface area (Å²) in [5.74, 6) is 8.39. The summed E-state index contributed by atoms with van der Waals surface area (Å²) in [7, 11) is 1.67. The number of thioether (sulfide) groups is 1. The molecule has 0 aliphatic rings. The Morgan fingerprint density at radius 1 is 1.09 bits per heavy atom. The number of nitrogens with two attached hydrogens (primary N) is 1. The smallest absolute Gasteiger partial charge is 0.210 e. The molecule has 0 saturated heterocycles. The first-order chi connectivity index (χ1) is 11.2. The van der Waals surface area contributed by atoms with Gasteiger partial charge in [0.2, 0.25) is 5.16 Å². The number of para-hydroxylation sites is 1. The predicted octanol–water partition coefficient (Wildman–Crippen LogP) is 3.27. The molecule has 0 aliphatic heterocycles. The second-order valence-electron chi connectivity index (χ2n) is 5.14. The van der Waals surface area contributed by atoms with E-state index in [2.05, 4.69) is 10.2 Å². The molecule has 0 fully saturated rings. The van der Waals surface area contributed by atoms with Gasteiger partial charge in [-0.25, -0.2) is 4.68 Å². The summed E-state index contributed by atoms with van der Waals surface area (Å²) >= 11 is 1.53. The molecule has 0 unspecified atom stereocenters. The first-order valence-corrected chi connectivity index (χ1v) is 8.20. The molecule has 3 rings (SSSR count). The highest BCUT2D eigenvalue weighted by atomic mass is 32.2. The number of nitrogens with zero attached hydrogens (tertiary/aromatic N) is 3. The number of aromatic nitrogens is 3. The third kappa shape index (κ3) is 3.32. The van der Waals surface area contributed by atoms with Crippen molar-refractivity contribution in [1.82, 2.24) is 14.9 Å².